The lowest BCUT2D eigenvalue weighted by molar-refractivity contribution is -0.142. The molecular weight excluding hydrogens is 478 g/mol. The summed E-state index contributed by atoms with van der Waals surface area (Å²) >= 11 is 0. The van der Waals surface area contributed by atoms with Crippen molar-refractivity contribution in [1.29, 1.82) is 0 Å². The molecular formula is C26H31N5O6. The van der Waals surface area contributed by atoms with E-state index in [1.54, 1.807) is 18.3 Å². The molecule has 196 valence electrons. The van der Waals surface area contributed by atoms with Gasteiger partial charge in [0.2, 0.25) is 17.7 Å². The zero-order valence-corrected chi connectivity index (χ0v) is 20.5. The van der Waals surface area contributed by atoms with Crippen LogP contribution >= 0.6 is 0 Å². The molecule has 1 heterocycles. The number of rotatable bonds is 11. The lowest BCUT2D eigenvalue weighted by Gasteiger charge is -2.23. The average molecular weight is 510 g/mol. The maximum Gasteiger partial charge on any atom is 0.326 e. The number of carboxylic acids is 1. The van der Waals surface area contributed by atoms with Gasteiger partial charge >= 0.3 is 5.97 Å². The molecule has 0 saturated carbocycles. The number of aromatic amines is 1. The van der Waals surface area contributed by atoms with Crippen LogP contribution in [0, 0.1) is 0 Å². The lowest BCUT2D eigenvalue weighted by Crippen LogP contribution is -2.56. The van der Waals surface area contributed by atoms with Crippen molar-refractivity contribution in [2.75, 3.05) is 0 Å². The molecule has 0 aliphatic heterocycles. The van der Waals surface area contributed by atoms with Crippen molar-refractivity contribution in [2.45, 2.75) is 50.9 Å². The minimum absolute atomic E-state index is 0.0413. The summed E-state index contributed by atoms with van der Waals surface area (Å²) in [7, 11) is 0. The van der Waals surface area contributed by atoms with Crippen molar-refractivity contribution in [3.05, 3.63) is 65.9 Å². The molecule has 4 atom stereocenters. The third kappa shape index (κ3) is 7.31. The summed E-state index contributed by atoms with van der Waals surface area (Å²) in [6, 6.07) is 9.29. The van der Waals surface area contributed by atoms with E-state index < -0.39 is 47.9 Å². The zero-order valence-electron chi connectivity index (χ0n) is 20.5. The number of aromatic hydroxyl groups is 1. The number of benzene rings is 2. The van der Waals surface area contributed by atoms with Gasteiger partial charge in [0.1, 0.15) is 23.9 Å². The molecule has 8 N–H and O–H groups in total. The fourth-order valence-electron chi connectivity index (χ4n) is 3.78. The first-order chi connectivity index (χ1) is 17.5. The van der Waals surface area contributed by atoms with E-state index in [1.165, 1.54) is 26.0 Å². The van der Waals surface area contributed by atoms with Crippen molar-refractivity contribution in [3.8, 4) is 5.75 Å². The van der Waals surface area contributed by atoms with Gasteiger partial charge in [-0.2, -0.15) is 0 Å². The average Bonchev–Trinajstić information content (AvgIpc) is 3.26. The van der Waals surface area contributed by atoms with Crippen LogP contribution in [0.2, 0.25) is 0 Å². The van der Waals surface area contributed by atoms with E-state index in [2.05, 4.69) is 20.9 Å². The van der Waals surface area contributed by atoms with Gasteiger partial charge in [0.25, 0.3) is 0 Å². The van der Waals surface area contributed by atoms with Crippen LogP contribution in [0.4, 0.5) is 0 Å². The van der Waals surface area contributed by atoms with Crippen molar-refractivity contribution < 1.29 is 29.4 Å². The van der Waals surface area contributed by atoms with Crippen LogP contribution in [-0.4, -0.2) is 63.1 Å². The third-order valence-electron chi connectivity index (χ3n) is 5.89. The molecule has 11 nitrogen and oxygen atoms in total. The number of amides is 3. The molecule has 11 heteroatoms. The van der Waals surface area contributed by atoms with Gasteiger partial charge in [-0.1, -0.05) is 30.3 Å². The highest BCUT2D eigenvalue weighted by atomic mass is 16.4. The Morgan fingerprint density at radius 3 is 2.16 bits per heavy atom. The molecule has 0 radical (unpaired) electrons. The summed E-state index contributed by atoms with van der Waals surface area (Å²) < 4.78 is 0. The minimum Gasteiger partial charge on any atom is -0.508 e. The number of carboxylic acid groups (broad SMARTS) is 1. The molecule has 0 aliphatic carbocycles. The van der Waals surface area contributed by atoms with Crippen LogP contribution in [0.15, 0.2) is 54.7 Å². The second-order valence-corrected chi connectivity index (χ2v) is 8.91. The lowest BCUT2D eigenvalue weighted by atomic mass is 10.0. The van der Waals surface area contributed by atoms with E-state index in [4.69, 9.17) is 5.73 Å². The summed E-state index contributed by atoms with van der Waals surface area (Å²) in [6.45, 7) is 2.89. The summed E-state index contributed by atoms with van der Waals surface area (Å²) in [5.41, 5.74) is 7.86. The summed E-state index contributed by atoms with van der Waals surface area (Å²) in [5, 5.41) is 27.6. The number of aliphatic carboxylic acids is 1. The van der Waals surface area contributed by atoms with Gasteiger partial charge in [-0.05, 0) is 43.2 Å². The first-order valence-electron chi connectivity index (χ1n) is 11.8. The Kier molecular flexibility index (Phi) is 8.86. The van der Waals surface area contributed by atoms with Crippen LogP contribution in [0.25, 0.3) is 10.9 Å². The SMILES string of the molecule is CC(N)C(=O)NC(Cc1ccc(O)cc1)C(=O)NC(C)C(=O)NC(Cc1c[nH]c2ccccc12)C(=O)O. The Hall–Kier alpha value is -4.38. The fraction of sp³-hybridized carbons (Fsp3) is 0.308. The second-order valence-electron chi connectivity index (χ2n) is 8.91. The minimum atomic E-state index is -1.23. The Balaban J connectivity index is 1.67. The van der Waals surface area contributed by atoms with Crippen LogP contribution in [0.1, 0.15) is 25.0 Å². The van der Waals surface area contributed by atoms with E-state index >= 15 is 0 Å². The standard InChI is InChI=1S/C26H31N5O6/c1-14(27)23(33)30-21(11-16-7-9-18(32)10-8-16)25(35)29-15(2)24(34)31-22(26(36)37)12-17-13-28-20-6-4-3-5-19(17)20/h3-10,13-15,21-22,28,32H,11-12,27H2,1-2H3,(H,29,35)(H,30,33)(H,31,34)(H,36,37). The van der Waals surface area contributed by atoms with Crippen molar-refractivity contribution in [2.24, 2.45) is 5.73 Å². The predicted molar refractivity (Wildman–Crippen MR) is 137 cm³/mol. The quantitative estimate of drug-likeness (QED) is 0.197. The summed E-state index contributed by atoms with van der Waals surface area (Å²) in [6.07, 6.45) is 1.82. The van der Waals surface area contributed by atoms with Gasteiger partial charge < -0.3 is 36.9 Å². The number of nitrogens with one attached hydrogen (secondary N) is 4. The summed E-state index contributed by atoms with van der Waals surface area (Å²) in [4.78, 5) is 52.9. The van der Waals surface area contributed by atoms with Gasteiger partial charge in [-0.15, -0.1) is 0 Å². The Morgan fingerprint density at radius 2 is 1.51 bits per heavy atom. The molecule has 37 heavy (non-hydrogen) atoms. The summed E-state index contributed by atoms with van der Waals surface area (Å²) in [5.74, 6) is -3.06. The molecule has 0 saturated heterocycles. The number of aromatic nitrogens is 1. The number of para-hydroxylation sites is 1. The van der Waals surface area contributed by atoms with Crippen LogP contribution in [-0.2, 0) is 32.0 Å². The van der Waals surface area contributed by atoms with Gasteiger partial charge in [0, 0.05) is 29.9 Å². The van der Waals surface area contributed by atoms with Crippen molar-refractivity contribution in [3.63, 3.8) is 0 Å². The molecule has 3 aromatic rings. The maximum atomic E-state index is 13.0. The molecule has 0 spiro atoms. The molecule has 2 aromatic carbocycles. The topological polar surface area (TPSA) is 187 Å². The number of nitrogens with two attached hydrogens (primary N) is 1. The highest BCUT2D eigenvalue weighted by Gasteiger charge is 2.28. The number of fused-ring (bicyclic) bond motifs is 1. The number of H-pyrrole nitrogens is 1. The molecule has 3 rings (SSSR count). The molecule has 1 aromatic heterocycles. The van der Waals surface area contributed by atoms with E-state index in [0.29, 0.717) is 5.56 Å². The van der Waals surface area contributed by atoms with Crippen molar-refractivity contribution in [1.82, 2.24) is 20.9 Å². The van der Waals surface area contributed by atoms with Gasteiger partial charge in [-0.25, -0.2) is 4.79 Å². The second kappa shape index (κ2) is 12.0. The largest absolute Gasteiger partial charge is 0.508 e. The number of phenolic OH excluding ortho intramolecular Hbond substituents is 1. The fourth-order valence-corrected chi connectivity index (χ4v) is 3.78. The zero-order chi connectivity index (χ0) is 27.1. The Bertz CT molecular complexity index is 1270. The molecule has 0 fully saturated rings. The number of carbonyl (C=O) groups is 4. The van der Waals surface area contributed by atoms with Crippen LogP contribution in [0.3, 0.4) is 0 Å². The number of phenols is 1. The first kappa shape index (κ1) is 27.2. The van der Waals surface area contributed by atoms with E-state index in [0.717, 1.165) is 16.5 Å². The number of hydrogen-bond donors (Lipinski definition) is 7. The Labute approximate surface area is 213 Å². The number of carbonyl (C=O) groups excluding carboxylic acids is 3. The molecule has 0 bridgehead atoms. The van der Waals surface area contributed by atoms with Gasteiger partial charge in [0.05, 0.1) is 6.04 Å². The monoisotopic (exact) mass is 509 g/mol. The first-order valence-corrected chi connectivity index (χ1v) is 11.8. The van der Waals surface area contributed by atoms with Crippen LogP contribution in [0.5, 0.6) is 5.75 Å². The van der Waals surface area contributed by atoms with Crippen molar-refractivity contribution >= 4 is 34.6 Å². The highest BCUT2D eigenvalue weighted by molar-refractivity contribution is 5.94. The third-order valence-corrected chi connectivity index (χ3v) is 5.89. The Morgan fingerprint density at radius 1 is 0.865 bits per heavy atom. The van der Waals surface area contributed by atoms with Crippen LogP contribution < -0.4 is 21.7 Å². The number of hydrogen-bond acceptors (Lipinski definition) is 6. The normalized spacial score (nSPS) is 14.2. The predicted octanol–water partition coefficient (Wildman–Crippen LogP) is 0.565. The molecule has 0 aliphatic rings. The van der Waals surface area contributed by atoms with E-state index in [-0.39, 0.29) is 18.6 Å². The van der Waals surface area contributed by atoms with Gasteiger partial charge in [-0.3, -0.25) is 14.4 Å². The van der Waals surface area contributed by atoms with E-state index in [1.807, 2.05) is 24.3 Å². The van der Waals surface area contributed by atoms with E-state index in [9.17, 15) is 29.4 Å². The smallest absolute Gasteiger partial charge is 0.326 e. The molecule has 3 amide bonds. The van der Waals surface area contributed by atoms with Gasteiger partial charge in [0.15, 0.2) is 0 Å². The highest BCUT2D eigenvalue weighted by Crippen LogP contribution is 2.19. The molecule has 4 unspecified atom stereocenters. The maximum absolute atomic E-state index is 13.0.